The molecule has 2 aromatic carbocycles. The molecule has 1 fully saturated rings. The van der Waals surface area contributed by atoms with Gasteiger partial charge in [-0.2, -0.15) is 0 Å². The third-order valence-corrected chi connectivity index (χ3v) is 4.60. The maximum Gasteiger partial charge on any atom is 0.338 e. The quantitative estimate of drug-likeness (QED) is 0.544. The molecule has 0 aliphatic carbocycles. The van der Waals surface area contributed by atoms with Gasteiger partial charge in [-0.25, -0.2) is 14.0 Å². The zero-order chi connectivity index (χ0) is 18.5. The summed E-state index contributed by atoms with van der Waals surface area (Å²) in [6.45, 7) is -0.233. The standard InChI is InChI=1S/C19H16BrFO5/c20-17-15(21)16(26-19(23)13-9-5-2-6-10-13)14(25-17)11-24-18(22)12-7-3-1-4-8-12/h1-10,14-17H,11H2/t14-,15-,16-,17-/m1/s1. The SMILES string of the molecule is O=C(OC[C@H]1O[C@@H](Br)[C@H](F)[C@@H]1OC(=O)c1ccccc1)c1ccccc1. The summed E-state index contributed by atoms with van der Waals surface area (Å²) in [5.41, 5.74) is 0.674. The van der Waals surface area contributed by atoms with Gasteiger partial charge in [0, 0.05) is 0 Å². The highest BCUT2D eigenvalue weighted by molar-refractivity contribution is 9.09. The van der Waals surface area contributed by atoms with E-state index in [1.807, 2.05) is 0 Å². The van der Waals surface area contributed by atoms with E-state index in [1.165, 1.54) is 0 Å². The molecule has 26 heavy (non-hydrogen) atoms. The molecule has 0 aromatic heterocycles. The maximum absolute atomic E-state index is 14.4. The summed E-state index contributed by atoms with van der Waals surface area (Å²) in [7, 11) is 0. The van der Waals surface area contributed by atoms with Crippen molar-refractivity contribution >= 4 is 27.9 Å². The number of alkyl halides is 2. The Balaban J connectivity index is 1.63. The molecule has 0 saturated carbocycles. The lowest BCUT2D eigenvalue weighted by Gasteiger charge is -2.19. The highest BCUT2D eigenvalue weighted by Crippen LogP contribution is 2.31. The van der Waals surface area contributed by atoms with Crippen LogP contribution in [0, 0.1) is 0 Å². The van der Waals surface area contributed by atoms with Gasteiger partial charge in [0.15, 0.2) is 12.3 Å². The second kappa shape index (κ2) is 8.42. The lowest BCUT2D eigenvalue weighted by atomic mass is 10.1. The molecule has 0 amide bonds. The Bertz CT molecular complexity index is 755. The number of halogens is 2. The number of rotatable bonds is 5. The average molecular weight is 423 g/mol. The molecule has 0 unspecified atom stereocenters. The van der Waals surface area contributed by atoms with Crippen LogP contribution >= 0.6 is 15.9 Å². The summed E-state index contributed by atoms with van der Waals surface area (Å²) >= 11 is 3.05. The van der Waals surface area contributed by atoms with Gasteiger partial charge in [-0.05, 0) is 24.3 Å². The summed E-state index contributed by atoms with van der Waals surface area (Å²) in [6.07, 6.45) is -3.67. The summed E-state index contributed by atoms with van der Waals surface area (Å²) in [5, 5.41) is -0.948. The maximum atomic E-state index is 14.4. The fraction of sp³-hybridized carbons (Fsp3) is 0.263. The molecule has 1 heterocycles. The van der Waals surface area contributed by atoms with Gasteiger partial charge in [0.2, 0.25) is 0 Å². The minimum Gasteiger partial charge on any atom is -0.459 e. The zero-order valence-corrected chi connectivity index (χ0v) is 15.2. The van der Waals surface area contributed by atoms with Crippen molar-refractivity contribution in [2.75, 3.05) is 6.61 Å². The molecule has 7 heteroatoms. The van der Waals surface area contributed by atoms with E-state index in [9.17, 15) is 14.0 Å². The van der Waals surface area contributed by atoms with Crippen molar-refractivity contribution < 1.29 is 28.2 Å². The lowest BCUT2D eigenvalue weighted by molar-refractivity contribution is -0.0342. The number of ether oxygens (including phenoxy) is 3. The monoisotopic (exact) mass is 422 g/mol. The molecule has 4 atom stereocenters. The second-order valence-electron chi connectivity index (χ2n) is 5.67. The van der Waals surface area contributed by atoms with Crippen molar-refractivity contribution in [3.8, 4) is 0 Å². The number of carbonyl (C=O) groups is 2. The predicted molar refractivity (Wildman–Crippen MR) is 94.9 cm³/mol. The van der Waals surface area contributed by atoms with Crippen LogP contribution in [0.5, 0.6) is 0 Å². The number of hydrogen-bond donors (Lipinski definition) is 0. The van der Waals surface area contributed by atoms with Crippen molar-refractivity contribution in [3.63, 3.8) is 0 Å². The van der Waals surface area contributed by atoms with Gasteiger partial charge in [-0.1, -0.05) is 52.3 Å². The molecular formula is C19H16BrFO5. The number of hydrogen-bond acceptors (Lipinski definition) is 5. The molecule has 1 saturated heterocycles. The van der Waals surface area contributed by atoms with Gasteiger partial charge < -0.3 is 14.2 Å². The van der Waals surface area contributed by atoms with Crippen LogP contribution in [-0.4, -0.2) is 41.9 Å². The van der Waals surface area contributed by atoms with Crippen LogP contribution in [0.15, 0.2) is 60.7 Å². The normalized spacial score (nSPS) is 24.8. The lowest BCUT2D eigenvalue weighted by Crippen LogP contribution is -2.37. The molecule has 136 valence electrons. The van der Waals surface area contributed by atoms with E-state index < -0.39 is 35.3 Å². The molecule has 0 spiro atoms. The second-order valence-corrected chi connectivity index (χ2v) is 6.57. The van der Waals surface area contributed by atoms with Crippen LogP contribution in [0.2, 0.25) is 0 Å². The third-order valence-electron chi connectivity index (χ3n) is 3.88. The van der Waals surface area contributed by atoms with Crippen molar-refractivity contribution in [3.05, 3.63) is 71.8 Å². The molecule has 2 aromatic rings. The summed E-state index contributed by atoms with van der Waals surface area (Å²) in [5.74, 6) is -1.22. The molecule has 5 nitrogen and oxygen atoms in total. The van der Waals surface area contributed by atoms with Crippen LogP contribution in [0.25, 0.3) is 0 Å². The van der Waals surface area contributed by atoms with Crippen molar-refractivity contribution in [2.24, 2.45) is 0 Å². The van der Waals surface area contributed by atoms with Gasteiger partial charge in [0.25, 0.3) is 0 Å². The Hall–Kier alpha value is -2.25. The van der Waals surface area contributed by atoms with E-state index in [2.05, 4.69) is 15.9 Å². The minimum atomic E-state index is -1.58. The number of esters is 2. The van der Waals surface area contributed by atoms with Gasteiger partial charge >= 0.3 is 11.9 Å². The minimum absolute atomic E-state index is 0.233. The first-order valence-corrected chi connectivity index (χ1v) is 8.89. The fourth-order valence-corrected chi connectivity index (χ4v) is 3.11. The van der Waals surface area contributed by atoms with E-state index in [-0.39, 0.29) is 6.61 Å². The van der Waals surface area contributed by atoms with Gasteiger partial charge in [0.1, 0.15) is 17.7 Å². The van der Waals surface area contributed by atoms with Crippen LogP contribution < -0.4 is 0 Å². The smallest absolute Gasteiger partial charge is 0.338 e. The van der Waals surface area contributed by atoms with E-state index in [4.69, 9.17) is 14.2 Å². The Morgan fingerprint density at radius 3 is 2.08 bits per heavy atom. The molecule has 1 aliphatic heterocycles. The summed E-state index contributed by atoms with van der Waals surface area (Å²) in [6, 6.07) is 16.7. The summed E-state index contributed by atoms with van der Waals surface area (Å²) < 4.78 is 30.2. The molecule has 1 aliphatic rings. The first-order chi connectivity index (χ1) is 12.6. The zero-order valence-electron chi connectivity index (χ0n) is 13.6. The number of carbonyl (C=O) groups excluding carboxylic acids is 2. The third kappa shape index (κ3) is 4.28. The van der Waals surface area contributed by atoms with Crippen LogP contribution in [0.4, 0.5) is 4.39 Å². The Morgan fingerprint density at radius 2 is 1.50 bits per heavy atom. The largest absolute Gasteiger partial charge is 0.459 e. The molecule has 0 N–H and O–H groups in total. The Morgan fingerprint density at radius 1 is 0.962 bits per heavy atom. The van der Waals surface area contributed by atoms with Gasteiger partial charge in [-0.15, -0.1) is 0 Å². The van der Waals surface area contributed by atoms with E-state index in [0.717, 1.165) is 0 Å². The number of benzene rings is 2. The van der Waals surface area contributed by atoms with Crippen molar-refractivity contribution in [1.82, 2.24) is 0 Å². The molecule has 0 radical (unpaired) electrons. The highest BCUT2D eigenvalue weighted by atomic mass is 79.9. The van der Waals surface area contributed by atoms with E-state index in [0.29, 0.717) is 11.1 Å². The van der Waals surface area contributed by atoms with Gasteiger partial charge in [-0.3, -0.25) is 0 Å². The van der Waals surface area contributed by atoms with Crippen LogP contribution in [-0.2, 0) is 14.2 Å². The van der Waals surface area contributed by atoms with Crippen molar-refractivity contribution in [1.29, 1.82) is 0 Å². The van der Waals surface area contributed by atoms with Crippen LogP contribution in [0.3, 0.4) is 0 Å². The average Bonchev–Trinajstić information content (AvgIpc) is 2.95. The first kappa shape index (κ1) is 18.5. The van der Waals surface area contributed by atoms with Crippen molar-refractivity contribution in [2.45, 2.75) is 23.4 Å². The van der Waals surface area contributed by atoms with Crippen LogP contribution in [0.1, 0.15) is 20.7 Å². The Labute approximate surface area is 158 Å². The first-order valence-electron chi connectivity index (χ1n) is 7.98. The Kier molecular flexibility index (Phi) is 6.00. The highest BCUT2D eigenvalue weighted by Gasteiger charge is 2.47. The van der Waals surface area contributed by atoms with E-state index in [1.54, 1.807) is 60.7 Å². The summed E-state index contributed by atoms with van der Waals surface area (Å²) in [4.78, 5) is 24.2. The van der Waals surface area contributed by atoms with Gasteiger partial charge in [0.05, 0.1) is 11.1 Å². The van der Waals surface area contributed by atoms with E-state index >= 15 is 0 Å². The predicted octanol–water partition coefficient (Wildman–Crippen LogP) is 3.53. The molecular weight excluding hydrogens is 407 g/mol. The molecule has 3 rings (SSSR count). The topological polar surface area (TPSA) is 61.8 Å². The molecule has 0 bridgehead atoms. The fourth-order valence-electron chi connectivity index (χ4n) is 2.53.